The molecule has 0 aliphatic carbocycles. The smallest absolute Gasteiger partial charge is 0.0449 e. The van der Waals surface area contributed by atoms with Gasteiger partial charge in [-0.15, -0.1) is 12.6 Å². The highest BCUT2D eigenvalue weighted by Gasteiger charge is 2.12. The van der Waals surface area contributed by atoms with Crippen molar-refractivity contribution < 1.29 is 0 Å². The number of nitrogens with one attached hydrogen (secondary N) is 1. The van der Waals surface area contributed by atoms with Crippen LogP contribution in [0.1, 0.15) is 31.2 Å². The largest absolute Gasteiger partial charge is 0.398 e. The maximum Gasteiger partial charge on any atom is 0.0449 e. The van der Waals surface area contributed by atoms with Gasteiger partial charge in [-0.25, -0.2) is 0 Å². The summed E-state index contributed by atoms with van der Waals surface area (Å²) in [5.41, 5.74) is 7.84. The van der Waals surface area contributed by atoms with E-state index in [4.69, 9.17) is 5.73 Å². The lowest BCUT2D eigenvalue weighted by Crippen LogP contribution is -2.34. The van der Waals surface area contributed by atoms with Crippen molar-refractivity contribution in [1.82, 2.24) is 5.32 Å². The first-order valence-corrected chi connectivity index (χ1v) is 6.51. The van der Waals surface area contributed by atoms with E-state index >= 15 is 0 Å². The van der Waals surface area contributed by atoms with E-state index in [0.29, 0.717) is 6.04 Å². The second-order valence-corrected chi connectivity index (χ2v) is 5.06. The van der Waals surface area contributed by atoms with E-state index in [-0.39, 0.29) is 0 Å². The normalized spacial score (nSPS) is 20.9. The van der Waals surface area contributed by atoms with E-state index in [1.165, 1.54) is 37.8 Å². The zero-order valence-electron chi connectivity index (χ0n) is 9.58. The van der Waals surface area contributed by atoms with Crippen molar-refractivity contribution in [2.45, 2.75) is 43.0 Å². The van der Waals surface area contributed by atoms with Crippen LogP contribution in [0, 0.1) is 0 Å². The molecule has 88 valence electrons. The molecule has 1 fully saturated rings. The fourth-order valence-electron chi connectivity index (χ4n) is 2.26. The summed E-state index contributed by atoms with van der Waals surface area (Å²) in [5.74, 6) is 0. The minimum Gasteiger partial charge on any atom is -0.398 e. The topological polar surface area (TPSA) is 38.0 Å². The van der Waals surface area contributed by atoms with E-state index in [1.807, 2.05) is 6.07 Å². The second kappa shape index (κ2) is 5.60. The van der Waals surface area contributed by atoms with E-state index in [1.54, 1.807) is 0 Å². The zero-order valence-corrected chi connectivity index (χ0v) is 10.5. The van der Waals surface area contributed by atoms with E-state index in [9.17, 15) is 0 Å². The molecule has 0 radical (unpaired) electrons. The molecule has 0 aromatic heterocycles. The van der Waals surface area contributed by atoms with Crippen LogP contribution in [-0.4, -0.2) is 12.6 Å². The fraction of sp³-hybridized carbons (Fsp3) is 0.538. The Balaban J connectivity index is 1.86. The molecule has 0 spiro atoms. The average molecular weight is 236 g/mol. The standard InChI is InChI=1S/C13H20N2S/c14-12-7-5-10(9-13(12)16)4-6-11-3-1-2-8-15-11/h5,7,9,11,15-16H,1-4,6,8,14H2. The highest BCUT2D eigenvalue weighted by molar-refractivity contribution is 7.80. The van der Waals surface area contributed by atoms with Gasteiger partial charge in [0.1, 0.15) is 0 Å². The molecule has 1 aromatic carbocycles. The summed E-state index contributed by atoms with van der Waals surface area (Å²) in [7, 11) is 0. The summed E-state index contributed by atoms with van der Waals surface area (Å²) in [6.07, 6.45) is 6.36. The maximum absolute atomic E-state index is 5.74. The Morgan fingerprint density at radius 2 is 2.25 bits per heavy atom. The number of rotatable bonds is 3. The van der Waals surface area contributed by atoms with Gasteiger partial charge in [0, 0.05) is 16.6 Å². The van der Waals surface area contributed by atoms with Crippen LogP contribution in [-0.2, 0) is 6.42 Å². The SMILES string of the molecule is Nc1ccc(CCC2CCCCN2)cc1S. The second-order valence-electron chi connectivity index (χ2n) is 4.58. The summed E-state index contributed by atoms with van der Waals surface area (Å²) in [6.45, 7) is 1.18. The van der Waals surface area contributed by atoms with Gasteiger partial charge in [-0.2, -0.15) is 0 Å². The van der Waals surface area contributed by atoms with Gasteiger partial charge in [0.25, 0.3) is 0 Å². The Labute approximate surface area is 103 Å². The van der Waals surface area contributed by atoms with Crippen molar-refractivity contribution in [2.24, 2.45) is 0 Å². The van der Waals surface area contributed by atoms with Gasteiger partial charge in [0.05, 0.1) is 0 Å². The van der Waals surface area contributed by atoms with Gasteiger partial charge in [0.15, 0.2) is 0 Å². The van der Waals surface area contributed by atoms with Crippen molar-refractivity contribution in [3.63, 3.8) is 0 Å². The average Bonchev–Trinajstić information content (AvgIpc) is 2.32. The lowest BCUT2D eigenvalue weighted by molar-refractivity contribution is 0.383. The molecule has 1 heterocycles. The van der Waals surface area contributed by atoms with Crippen molar-refractivity contribution in [3.05, 3.63) is 23.8 Å². The van der Waals surface area contributed by atoms with Crippen molar-refractivity contribution >= 4 is 18.3 Å². The minimum atomic E-state index is 0.703. The number of anilines is 1. The lowest BCUT2D eigenvalue weighted by Gasteiger charge is -2.23. The highest BCUT2D eigenvalue weighted by Crippen LogP contribution is 2.20. The predicted molar refractivity (Wildman–Crippen MR) is 72.1 cm³/mol. The fourth-order valence-corrected chi connectivity index (χ4v) is 2.50. The molecule has 1 aliphatic rings. The highest BCUT2D eigenvalue weighted by atomic mass is 32.1. The molecule has 1 atom stereocenters. The Hall–Kier alpha value is -0.670. The van der Waals surface area contributed by atoms with Gasteiger partial charge in [-0.1, -0.05) is 12.5 Å². The van der Waals surface area contributed by atoms with Crippen LogP contribution in [0.15, 0.2) is 23.1 Å². The number of aryl methyl sites for hydroxylation is 1. The van der Waals surface area contributed by atoms with Crippen LogP contribution in [0.4, 0.5) is 5.69 Å². The quantitative estimate of drug-likeness (QED) is 0.557. The molecular formula is C13H20N2S. The van der Waals surface area contributed by atoms with E-state index < -0.39 is 0 Å². The lowest BCUT2D eigenvalue weighted by atomic mass is 9.98. The third kappa shape index (κ3) is 3.16. The van der Waals surface area contributed by atoms with Gasteiger partial charge < -0.3 is 11.1 Å². The summed E-state index contributed by atoms with van der Waals surface area (Å²) < 4.78 is 0. The summed E-state index contributed by atoms with van der Waals surface area (Å²) in [4.78, 5) is 0.897. The van der Waals surface area contributed by atoms with E-state index in [2.05, 4.69) is 30.1 Å². The van der Waals surface area contributed by atoms with E-state index in [0.717, 1.165) is 17.0 Å². The zero-order chi connectivity index (χ0) is 11.4. The Morgan fingerprint density at radius 3 is 2.94 bits per heavy atom. The predicted octanol–water partition coefficient (Wildman–Crippen LogP) is 2.63. The van der Waals surface area contributed by atoms with Gasteiger partial charge in [0.2, 0.25) is 0 Å². The molecule has 1 unspecified atom stereocenters. The number of piperidine rings is 1. The molecule has 3 N–H and O–H groups in total. The molecule has 3 heteroatoms. The summed E-state index contributed by atoms with van der Waals surface area (Å²) in [6, 6.07) is 6.85. The number of hydrogen-bond acceptors (Lipinski definition) is 3. The molecule has 1 aromatic rings. The van der Waals surface area contributed by atoms with Crippen molar-refractivity contribution in [2.75, 3.05) is 12.3 Å². The molecule has 0 amide bonds. The number of thiol groups is 1. The monoisotopic (exact) mass is 236 g/mol. The van der Waals surface area contributed by atoms with Crippen LogP contribution in [0.5, 0.6) is 0 Å². The van der Waals surface area contributed by atoms with Crippen molar-refractivity contribution in [1.29, 1.82) is 0 Å². The molecule has 1 aliphatic heterocycles. The molecular weight excluding hydrogens is 216 g/mol. The van der Waals surface area contributed by atoms with Crippen LogP contribution in [0.3, 0.4) is 0 Å². The van der Waals surface area contributed by atoms with Crippen LogP contribution >= 0.6 is 12.6 Å². The molecule has 0 saturated carbocycles. The first-order valence-electron chi connectivity index (χ1n) is 6.06. The first-order chi connectivity index (χ1) is 7.75. The summed E-state index contributed by atoms with van der Waals surface area (Å²) >= 11 is 4.35. The first kappa shape index (κ1) is 11.8. The maximum atomic E-state index is 5.74. The van der Waals surface area contributed by atoms with Gasteiger partial charge in [-0.3, -0.25) is 0 Å². The number of nitrogens with two attached hydrogens (primary N) is 1. The van der Waals surface area contributed by atoms with Gasteiger partial charge in [-0.05, 0) is 49.9 Å². The van der Waals surface area contributed by atoms with Crippen LogP contribution in [0.25, 0.3) is 0 Å². The molecule has 2 nitrogen and oxygen atoms in total. The number of benzene rings is 1. The van der Waals surface area contributed by atoms with Gasteiger partial charge >= 0.3 is 0 Å². The number of hydrogen-bond donors (Lipinski definition) is 3. The third-order valence-corrected chi connectivity index (χ3v) is 3.68. The minimum absolute atomic E-state index is 0.703. The Kier molecular flexibility index (Phi) is 4.13. The van der Waals surface area contributed by atoms with Crippen molar-refractivity contribution in [3.8, 4) is 0 Å². The molecule has 2 rings (SSSR count). The third-order valence-electron chi connectivity index (χ3n) is 3.29. The number of nitrogen functional groups attached to an aromatic ring is 1. The van der Waals surface area contributed by atoms with Crippen LogP contribution < -0.4 is 11.1 Å². The Bertz CT molecular complexity index is 346. The molecule has 1 saturated heterocycles. The summed E-state index contributed by atoms with van der Waals surface area (Å²) in [5, 5.41) is 3.57. The Morgan fingerprint density at radius 1 is 1.38 bits per heavy atom. The molecule has 0 bridgehead atoms. The van der Waals surface area contributed by atoms with Crippen LogP contribution in [0.2, 0.25) is 0 Å². The molecule has 16 heavy (non-hydrogen) atoms.